The fourth-order valence-corrected chi connectivity index (χ4v) is 5.77. The Morgan fingerprint density at radius 2 is 2.00 bits per heavy atom. The third-order valence-electron chi connectivity index (χ3n) is 5.48. The highest BCUT2D eigenvalue weighted by atomic mass is 32.2. The lowest BCUT2D eigenvalue weighted by Crippen LogP contribution is -2.43. The van der Waals surface area contributed by atoms with Crippen LogP contribution in [0.25, 0.3) is 11.3 Å². The molecule has 0 aromatic carbocycles. The molecule has 0 bridgehead atoms. The van der Waals surface area contributed by atoms with Gasteiger partial charge in [-0.25, -0.2) is 17.7 Å². The van der Waals surface area contributed by atoms with Gasteiger partial charge in [-0.1, -0.05) is 0 Å². The van der Waals surface area contributed by atoms with Gasteiger partial charge in [0.2, 0.25) is 15.9 Å². The number of nitrogens with zero attached hydrogens (tertiary/aromatic N) is 5. The summed E-state index contributed by atoms with van der Waals surface area (Å²) in [6.07, 6.45) is 6.01. The topological polar surface area (TPSA) is 88.4 Å². The molecule has 2 aliphatic rings. The van der Waals surface area contributed by atoms with E-state index in [1.165, 1.54) is 21.1 Å². The second kappa shape index (κ2) is 6.68. The Morgan fingerprint density at radius 1 is 1.30 bits per heavy atom. The van der Waals surface area contributed by atoms with Crippen LogP contribution in [-0.2, 0) is 34.7 Å². The summed E-state index contributed by atoms with van der Waals surface area (Å²) in [6.45, 7) is 0.799. The van der Waals surface area contributed by atoms with Crippen LogP contribution in [0.1, 0.15) is 23.4 Å². The zero-order chi connectivity index (χ0) is 19.3. The van der Waals surface area contributed by atoms with Gasteiger partial charge in [0, 0.05) is 49.2 Å². The highest BCUT2D eigenvalue weighted by Gasteiger charge is 2.32. The van der Waals surface area contributed by atoms with Gasteiger partial charge in [0.15, 0.2) is 5.13 Å². The minimum atomic E-state index is -3.19. The monoisotopic (exact) mass is 409 g/mol. The average Bonchev–Trinajstić information content (AvgIpc) is 3.23. The van der Waals surface area contributed by atoms with Gasteiger partial charge in [0.1, 0.15) is 0 Å². The van der Waals surface area contributed by atoms with Gasteiger partial charge >= 0.3 is 0 Å². The minimum Gasteiger partial charge on any atom is -0.291 e. The molecule has 2 aromatic heterocycles. The van der Waals surface area contributed by atoms with Gasteiger partial charge in [0.05, 0.1) is 18.1 Å². The molecule has 2 aromatic rings. The largest absolute Gasteiger partial charge is 0.291 e. The van der Waals surface area contributed by atoms with Crippen molar-refractivity contribution in [3.8, 4) is 11.3 Å². The highest BCUT2D eigenvalue weighted by Crippen LogP contribution is 2.39. The molecule has 0 spiro atoms. The average molecular weight is 410 g/mol. The van der Waals surface area contributed by atoms with Gasteiger partial charge in [-0.15, -0.1) is 11.3 Å². The molecule has 1 saturated heterocycles. The van der Waals surface area contributed by atoms with Crippen LogP contribution in [-0.4, -0.2) is 59.8 Å². The van der Waals surface area contributed by atoms with E-state index in [1.807, 2.05) is 17.9 Å². The molecule has 1 amide bonds. The predicted octanol–water partition coefficient (Wildman–Crippen LogP) is 1.28. The first-order chi connectivity index (χ1) is 12.8. The third-order valence-corrected chi connectivity index (χ3v) is 7.98. The number of rotatable bonds is 3. The molecule has 0 saturated carbocycles. The van der Waals surface area contributed by atoms with Gasteiger partial charge in [-0.3, -0.25) is 14.4 Å². The van der Waals surface area contributed by atoms with Gasteiger partial charge in [0.25, 0.3) is 0 Å². The summed E-state index contributed by atoms with van der Waals surface area (Å²) in [6, 6.07) is 0. The predicted molar refractivity (Wildman–Crippen MR) is 104 cm³/mol. The van der Waals surface area contributed by atoms with E-state index < -0.39 is 10.0 Å². The molecular formula is C17H23N5O3S2. The van der Waals surface area contributed by atoms with Crippen molar-refractivity contribution < 1.29 is 13.2 Å². The zero-order valence-electron chi connectivity index (χ0n) is 15.7. The number of sulfonamides is 1. The number of thiazole rings is 1. The molecule has 0 N–H and O–H groups in total. The molecule has 10 heteroatoms. The molecule has 0 atom stereocenters. The second-order valence-electron chi connectivity index (χ2n) is 7.23. The molecule has 8 nitrogen and oxygen atoms in total. The molecule has 1 aliphatic heterocycles. The molecule has 4 rings (SSSR count). The van der Waals surface area contributed by atoms with Crippen molar-refractivity contribution in [3.05, 3.63) is 16.8 Å². The summed E-state index contributed by atoms with van der Waals surface area (Å²) < 4.78 is 26.6. The van der Waals surface area contributed by atoms with Gasteiger partial charge < -0.3 is 0 Å². The first-order valence-electron chi connectivity index (χ1n) is 8.99. The summed E-state index contributed by atoms with van der Waals surface area (Å²) in [5.74, 6) is -0.150. The number of piperidine rings is 1. The number of hydrogen-bond acceptors (Lipinski definition) is 6. The number of aryl methyl sites for hydroxylation is 2. The summed E-state index contributed by atoms with van der Waals surface area (Å²) in [5.41, 5.74) is 3.18. The SMILES string of the molecule is CN(C(=O)C1CCN(S(C)(=O)=O)CC1)c1nc2c(s1)CCc1c-2cnn1C. The molecule has 0 unspecified atom stereocenters. The Hall–Kier alpha value is -1.78. The molecular weight excluding hydrogens is 386 g/mol. The maximum Gasteiger partial charge on any atom is 0.231 e. The van der Waals surface area contributed by atoms with E-state index >= 15 is 0 Å². The Labute approximate surface area is 162 Å². The summed E-state index contributed by atoms with van der Waals surface area (Å²) in [7, 11) is 0.518. The molecule has 3 heterocycles. The van der Waals surface area contributed by atoms with Crippen LogP contribution in [0, 0.1) is 5.92 Å². The van der Waals surface area contributed by atoms with E-state index in [2.05, 4.69) is 5.10 Å². The van der Waals surface area contributed by atoms with Gasteiger partial charge in [-0.2, -0.15) is 5.10 Å². The molecule has 1 fully saturated rings. The number of amides is 1. The van der Waals surface area contributed by atoms with Crippen LogP contribution in [0.5, 0.6) is 0 Å². The number of carbonyl (C=O) groups excluding carboxylic acids is 1. The van der Waals surface area contributed by atoms with Crippen LogP contribution in [0.15, 0.2) is 6.20 Å². The minimum absolute atomic E-state index is 0.0145. The van der Waals surface area contributed by atoms with Crippen LogP contribution < -0.4 is 4.90 Å². The van der Waals surface area contributed by atoms with E-state index in [1.54, 1.807) is 23.3 Å². The van der Waals surface area contributed by atoms with E-state index in [0.29, 0.717) is 31.1 Å². The van der Waals surface area contributed by atoms with Crippen molar-refractivity contribution >= 4 is 32.4 Å². The Kier molecular flexibility index (Phi) is 4.59. The number of carbonyl (C=O) groups is 1. The van der Waals surface area contributed by atoms with Crippen molar-refractivity contribution in [2.45, 2.75) is 25.7 Å². The standard InChI is InChI=1S/C17H23N5O3S2/c1-20(16(23)11-6-8-22(9-7-11)27(3,24)25)17-19-15-12-10-18-21(2)13(12)4-5-14(15)26-17/h10-11H,4-9H2,1-3H3. The van der Waals surface area contributed by atoms with Crippen molar-refractivity contribution in [1.29, 1.82) is 0 Å². The van der Waals surface area contributed by atoms with Crippen molar-refractivity contribution in [2.75, 3.05) is 31.3 Å². The fraction of sp³-hybridized carbons (Fsp3) is 0.588. The molecule has 27 heavy (non-hydrogen) atoms. The number of aromatic nitrogens is 3. The van der Waals surface area contributed by atoms with E-state index in [-0.39, 0.29) is 11.8 Å². The zero-order valence-corrected chi connectivity index (χ0v) is 17.3. The number of anilines is 1. The second-order valence-corrected chi connectivity index (χ2v) is 10.3. The van der Waals surface area contributed by atoms with E-state index in [4.69, 9.17) is 4.98 Å². The van der Waals surface area contributed by atoms with Crippen LogP contribution in [0.2, 0.25) is 0 Å². The van der Waals surface area contributed by atoms with Crippen molar-refractivity contribution in [3.63, 3.8) is 0 Å². The van der Waals surface area contributed by atoms with Gasteiger partial charge in [-0.05, 0) is 25.7 Å². The Morgan fingerprint density at radius 3 is 2.67 bits per heavy atom. The van der Waals surface area contributed by atoms with Crippen molar-refractivity contribution in [2.24, 2.45) is 13.0 Å². The van der Waals surface area contributed by atoms with E-state index in [0.717, 1.165) is 24.1 Å². The first kappa shape index (κ1) is 18.6. The van der Waals surface area contributed by atoms with Crippen molar-refractivity contribution in [1.82, 2.24) is 19.1 Å². The van der Waals surface area contributed by atoms with E-state index in [9.17, 15) is 13.2 Å². The Bertz CT molecular complexity index is 986. The lowest BCUT2D eigenvalue weighted by Gasteiger charge is -2.31. The molecule has 146 valence electrons. The fourth-order valence-electron chi connectivity index (χ4n) is 3.85. The third kappa shape index (κ3) is 3.30. The summed E-state index contributed by atoms with van der Waals surface area (Å²) in [5, 5.41) is 5.03. The molecule has 1 aliphatic carbocycles. The smallest absolute Gasteiger partial charge is 0.231 e. The van der Waals surface area contributed by atoms with Crippen LogP contribution in [0.4, 0.5) is 5.13 Å². The molecule has 0 radical (unpaired) electrons. The number of fused-ring (bicyclic) bond motifs is 3. The highest BCUT2D eigenvalue weighted by molar-refractivity contribution is 7.88. The Balaban J connectivity index is 1.51. The maximum atomic E-state index is 12.9. The lowest BCUT2D eigenvalue weighted by molar-refractivity contribution is -0.123. The quantitative estimate of drug-likeness (QED) is 0.762. The normalized spacial score (nSPS) is 18.2. The van der Waals surface area contributed by atoms with Crippen LogP contribution >= 0.6 is 11.3 Å². The first-order valence-corrected chi connectivity index (χ1v) is 11.7. The lowest BCUT2D eigenvalue weighted by atomic mass is 9.97. The summed E-state index contributed by atoms with van der Waals surface area (Å²) in [4.78, 5) is 20.5. The number of hydrogen-bond donors (Lipinski definition) is 0. The van der Waals surface area contributed by atoms with Crippen LogP contribution in [0.3, 0.4) is 0 Å². The summed E-state index contributed by atoms with van der Waals surface area (Å²) >= 11 is 1.56. The maximum absolute atomic E-state index is 12.9.